The van der Waals surface area contributed by atoms with Crippen molar-refractivity contribution in [3.8, 4) is 0 Å². The molecule has 1 aromatic rings. The molecule has 1 heterocycles. The Hall–Kier alpha value is -0.540. The number of hydrogen-bond donors (Lipinski definition) is 1. The lowest BCUT2D eigenvalue weighted by molar-refractivity contribution is 0.325. The zero-order chi connectivity index (χ0) is 15.1. The molecule has 1 rings (SSSR count). The van der Waals surface area contributed by atoms with E-state index in [4.69, 9.17) is 11.6 Å². The van der Waals surface area contributed by atoms with Crippen molar-refractivity contribution in [1.82, 2.24) is 15.1 Å². The summed E-state index contributed by atoms with van der Waals surface area (Å²) in [7, 11) is 2.06. The lowest BCUT2D eigenvalue weighted by Gasteiger charge is -2.26. The summed E-state index contributed by atoms with van der Waals surface area (Å²) in [5, 5.41) is 8.86. The average Bonchev–Trinajstić information content (AvgIpc) is 2.73. The zero-order valence-corrected chi connectivity index (χ0v) is 14.4. The maximum Gasteiger partial charge on any atom is 0.0847 e. The average molecular weight is 300 g/mol. The monoisotopic (exact) mass is 299 g/mol. The van der Waals surface area contributed by atoms with Crippen LogP contribution in [0.25, 0.3) is 0 Å². The van der Waals surface area contributed by atoms with E-state index in [1.807, 2.05) is 6.92 Å². The zero-order valence-electron chi connectivity index (χ0n) is 13.7. The van der Waals surface area contributed by atoms with E-state index in [2.05, 4.69) is 42.9 Å². The Bertz CT molecular complexity index is 401. The van der Waals surface area contributed by atoms with E-state index < -0.39 is 0 Å². The molecule has 2 unspecified atom stereocenters. The highest BCUT2D eigenvalue weighted by Gasteiger charge is 2.22. The van der Waals surface area contributed by atoms with E-state index in [1.165, 1.54) is 31.4 Å². The number of nitrogens with one attached hydrogen (secondary N) is 1. The molecule has 0 bridgehead atoms. The molecular formula is C16H30ClN3. The van der Waals surface area contributed by atoms with Gasteiger partial charge in [0.2, 0.25) is 0 Å². The Morgan fingerprint density at radius 2 is 2.00 bits per heavy atom. The summed E-state index contributed by atoms with van der Waals surface area (Å²) in [6.45, 7) is 9.53. The van der Waals surface area contributed by atoms with Gasteiger partial charge in [-0.1, -0.05) is 44.7 Å². The minimum atomic E-state index is 0.477. The SMILES string of the molecule is CCCCC(CC)C(Cc1c(Cl)c(C)nn1CC)NC. The molecule has 0 aliphatic rings. The van der Waals surface area contributed by atoms with Crippen molar-refractivity contribution in [2.75, 3.05) is 7.05 Å². The summed E-state index contributed by atoms with van der Waals surface area (Å²) < 4.78 is 2.05. The molecule has 1 aromatic heterocycles. The van der Waals surface area contributed by atoms with Crippen molar-refractivity contribution in [1.29, 1.82) is 0 Å². The van der Waals surface area contributed by atoms with Crippen LogP contribution >= 0.6 is 11.6 Å². The second-order valence-electron chi connectivity index (χ2n) is 5.57. The van der Waals surface area contributed by atoms with Crippen molar-refractivity contribution in [3.05, 3.63) is 16.4 Å². The molecule has 0 saturated heterocycles. The van der Waals surface area contributed by atoms with E-state index in [0.29, 0.717) is 12.0 Å². The van der Waals surface area contributed by atoms with Crippen LogP contribution in [0.15, 0.2) is 0 Å². The highest BCUT2D eigenvalue weighted by atomic mass is 35.5. The molecule has 116 valence electrons. The van der Waals surface area contributed by atoms with Gasteiger partial charge in [0.25, 0.3) is 0 Å². The number of aromatic nitrogens is 2. The molecule has 0 radical (unpaired) electrons. The second kappa shape index (κ2) is 8.68. The first-order valence-corrected chi connectivity index (χ1v) is 8.35. The summed E-state index contributed by atoms with van der Waals surface area (Å²) in [4.78, 5) is 0. The molecule has 0 aliphatic heterocycles. The third-order valence-corrected chi connectivity index (χ3v) is 4.75. The molecule has 4 heteroatoms. The van der Waals surface area contributed by atoms with Gasteiger partial charge in [0.1, 0.15) is 0 Å². The lowest BCUT2D eigenvalue weighted by Crippen LogP contribution is -2.36. The van der Waals surface area contributed by atoms with Crippen molar-refractivity contribution >= 4 is 11.6 Å². The first kappa shape index (κ1) is 17.5. The Labute approximate surface area is 129 Å². The first-order valence-electron chi connectivity index (χ1n) is 7.97. The van der Waals surface area contributed by atoms with Crippen LogP contribution in [-0.2, 0) is 13.0 Å². The van der Waals surface area contributed by atoms with Crippen LogP contribution in [0, 0.1) is 12.8 Å². The maximum absolute atomic E-state index is 6.43. The van der Waals surface area contributed by atoms with Gasteiger partial charge in [-0.3, -0.25) is 4.68 Å². The largest absolute Gasteiger partial charge is 0.316 e. The fourth-order valence-corrected chi connectivity index (χ4v) is 3.15. The summed E-state index contributed by atoms with van der Waals surface area (Å²) in [6, 6.07) is 0.477. The maximum atomic E-state index is 6.43. The van der Waals surface area contributed by atoms with Crippen LogP contribution in [0.2, 0.25) is 5.02 Å². The molecule has 20 heavy (non-hydrogen) atoms. The van der Waals surface area contributed by atoms with Gasteiger partial charge in [-0.05, 0) is 33.2 Å². The predicted octanol–water partition coefficient (Wildman–Crippen LogP) is 4.21. The Morgan fingerprint density at radius 3 is 2.50 bits per heavy atom. The van der Waals surface area contributed by atoms with Crippen LogP contribution in [-0.4, -0.2) is 22.9 Å². The quantitative estimate of drug-likeness (QED) is 0.740. The molecule has 0 amide bonds. The smallest absolute Gasteiger partial charge is 0.0847 e. The Kier molecular flexibility index (Phi) is 7.60. The predicted molar refractivity (Wildman–Crippen MR) is 87.5 cm³/mol. The van der Waals surface area contributed by atoms with Crippen LogP contribution in [0.5, 0.6) is 0 Å². The Balaban J connectivity index is 2.86. The van der Waals surface area contributed by atoms with Gasteiger partial charge in [0.15, 0.2) is 0 Å². The van der Waals surface area contributed by atoms with Crippen LogP contribution in [0.4, 0.5) is 0 Å². The number of nitrogens with zero attached hydrogens (tertiary/aromatic N) is 2. The fraction of sp³-hybridized carbons (Fsp3) is 0.812. The normalized spacial score (nSPS) is 14.5. The number of likely N-dealkylation sites (N-methyl/N-ethyl adjacent to an activating group) is 1. The molecule has 0 aromatic carbocycles. The van der Waals surface area contributed by atoms with Gasteiger partial charge < -0.3 is 5.32 Å². The molecule has 3 nitrogen and oxygen atoms in total. The van der Waals surface area contributed by atoms with Gasteiger partial charge in [-0.2, -0.15) is 5.10 Å². The van der Waals surface area contributed by atoms with E-state index in [9.17, 15) is 0 Å². The molecule has 2 atom stereocenters. The number of unbranched alkanes of at least 4 members (excludes halogenated alkanes) is 1. The van der Waals surface area contributed by atoms with Gasteiger partial charge in [-0.25, -0.2) is 0 Å². The molecule has 0 aliphatic carbocycles. The molecule has 0 saturated carbocycles. The number of aryl methyl sites for hydroxylation is 2. The minimum absolute atomic E-state index is 0.477. The molecule has 1 N–H and O–H groups in total. The topological polar surface area (TPSA) is 29.9 Å². The van der Waals surface area contributed by atoms with Gasteiger partial charge in [-0.15, -0.1) is 0 Å². The molecular weight excluding hydrogens is 270 g/mol. The standard InChI is InChI=1S/C16H30ClN3/c1-6-9-10-13(7-2)14(18-5)11-15-16(17)12(4)19-20(15)8-3/h13-14,18H,6-11H2,1-5H3. The van der Waals surface area contributed by atoms with Crippen molar-refractivity contribution < 1.29 is 0 Å². The molecule has 0 spiro atoms. The third-order valence-electron chi connectivity index (χ3n) is 4.26. The second-order valence-corrected chi connectivity index (χ2v) is 5.95. The minimum Gasteiger partial charge on any atom is -0.316 e. The lowest BCUT2D eigenvalue weighted by atomic mass is 9.88. The van der Waals surface area contributed by atoms with Crippen LogP contribution in [0.3, 0.4) is 0 Å². The summed E-state index contributed by atoms with van der Waals surface area (Å²) in [5.74, 6) is 0.705. The van der Waals surface area contributed by atoms with Gasteiger partial charge in [0.05, 0.1) is 16.4 Å². The number of halogens is 1. The summed E-state index contributed by atoms with van der Waals surface area (Å²) in [6.07, 6.45) is 6.03. The number of hydrogen-bond acceptors (Lipinski definition) is 2. The van der Waals surface area contributed by atoms with Crippen molar-refractivity contribution in [2.24, 2.45) is 5.92 Å². The highest BCUT2D eigenvalue weighted by molar-refractivity contribution is 6.31. The van der Waals surface area contributed by atoms with Crippen LogP contribution in [0.1, 0.15) is 57.8 Å². The summed E-state index contributed by atoms with van der Waals surface area (Å²) >= 11 is 6.43. The van der Waals surface area contributed by atoms with Crippen molar-refractivity contribution in [3.63, 3.8) is 0 Å². The number of rotatable bonds is 9. The van der Waals surface area contributed by atoms with E-state index in [0.717, 1.165) is 23.7 Å². The van der Waals surface area contributed by atoms with Gasteiger partial charge in [0, 0.05) is 19.0 Å². The Morgan fingerprint density at radius 1 is 1.30 bits per heavy atom. The van der Waals surface area contributed by atoms with E-state index in [1.54, 1.807) is 0 Å². The van der Waals surface area contributed by atoms with E-state index in [-0.39, 0.29) is 0 Å². The highest BCUT2D eigenvalue weighted by Crippen LogP contribution is 2.25. The fourth-order valence-electron chi connectivity index (χ4n) is 2.93. The van der Waals surface area contributed by atoms with Crippen molar-refractivity contribution in [2.45, 2.75) is 72.4 Å². The summed E-state index contributed by atoms with van der Waals surface area (Å²) in [5.41, 5.74) is 2.13. The third kappa shape index (κ3) is 4.23. The first-order chi connectivity index (χ1) is 9.58. The van der Waals surface area contributed by atoms with Gasteiger partial charge >= 0.3 is 0 Å². The van der Waals surface area contributed by atoms with Crippen LogP contribution < -0.4 is 5.32 Å². The molecule has 0 fully saturated rings. The van der Waals surface area contributed by atoms with E-state index >= 15 is 0 Å².